The molecule has 17 nitrogen and oxygen atoms in total. The molecular weight excluding hydrogens is 918 g/mol. The number of carbonyl (C=O) groups is 2. The second-order valence-corrected chi connectivity index (χ2v) is 22.5. The highest BCUT2D eigenvalue weighted by Gasteiger charge is 2.50. The molecule has 3 saturated heterocycles. The second-order valence-electron chi connectivity index (χ2n) is 20.8. The number of aromatic nitrogens is 3. The van der Waals surface area contributed by atoms with Crippen molar-refractivity contribution < 1.29 is 36.8 Å². The Balaban J connectivity index is 0.875. The van der Waals surface area contributed by atoms with Crippen LogP contribution in [0, 0.1) is 15.5 Å². The quantitative estimate of drug-likeness (QED) is 0.0743. The standard InChI is InChI=1S/C51H62FN9O8S/c1-33(2)39-9-6-7-10-40(39)42-11-8-20-60(42)36-28-50(29-36)15-21-58(22-16-50)35-26-44(68-37-25-34-14-19-53-46(34)55-31-37)45(54-30-35)47(62)57-70(66,67)38-12-13-41(43(27-38)61(64)65)56-32-51(52)17-23-59(24-18-51)48(63)69-49(3,4)5/h6-7,9-10,12-14,19,25-27,30-31,33,36,42,56H,8,11,15-18,20-24,28-29,32H2,1-5H3,(H,53,55)(H,57,62). The third-order valence-electron chi connectivity index (χ3n) is 14.5. The molecule has 0 radical (unpaired) electrons. The summed E-state index contributed by atoms with van der Waals surface area (Å²) in [5.41, 5.74) is 0.906. The summed E-state index contributed by atoms with van der Waals surface area (Å²) in [5, 5.41) is 15.8. The number of ether oxygens (including phenoxy) is 2. The molecule has 3 aromatic heterocycles. The van der Waals surface area contributed by atoms with E-state index in [1.807, 2.05) is 10.8 Å². The SMILES string of the molecule is CC(C)c1ccccc1C1CCCN1C1CC2(CCN(c3cnc(C(=O)NS(=O)(=O)c4ccc(NCC5(F)CCN(C(=O)OC(C)(C)C)CC5)c([N+](=O)[O-])c4)c(Oc4cnc5[nH]ccc5c4)c3)CC2)C1. The summed E-state index contributed by atoms with van der Waals surface area (Å²) in [6, 6.07) is 18.2. The van der Waals surface area contributed by atoms with E-state index in [9.17, 15) is 28.1 Å². The number of hydrogen-bond acceptors (Lipinski definition) is 13. The number of hydrogen-bond donors (Lipinski definition) is 3. The number of rotatable bonds is 13. The molecule has 19 heteroatoms. The molecule has 1 saturated carbocycles. The second kappa shape index (κ2) is 19.1. The summed E-state index contributed by atoms with van der Waals surface area (Å²) in [6.07, 6.45) is 10.8. The number of benzene rings is 2. The van der Waals surface area contributed by atoms with Gasteiger partial charge in [-0.25, -0.2) is 32.3 Å². The van der Waals surface area contributed by atoms with E-state index in [4.69, 9.17) is 9.47 Å². The summed E-state index contributed by atoms with van der Waals surface area (Å²) in [6.45, 7) is 12.3. The van der Waals surface area contributed by atoms with Crippen LogP contribution in [-0.2, 0) is 14.8 Å². The maximum Gasteiger partial charge on any atom is 0.410 e. The predicted molar refractivity (Wildman–Crippen MR) is 264 cm³/mol. The van der Waals surface area contributed by atoms with Gasteiger partial charge in [0, 0.05) is 81.4 Å². The van der Waals surface area contributed by atoms with Crippen LogP contribution < -0.4 is 19.7 Å². The molecule has 3 N–H and O–H groups in total. The van der Waals surface area contributed by atoms with E-state index in [0.717, 1.165) is 68.9 Å². The maximum absolute atomic E-state index is 15.9. The number of aromatic amines is 1. The fraction of sp³-hybridized carbons (Fsp3) is 0.490. The van der Waals surface area contributed by atoms with Crippen LogP contribution in [0.1, 0.15) is 120 Å². The fourth-order valence-corrected chi connectivity index (χ4v) is 11.7. The van der Waals surface area contributed by atoms with Gasteiger partial charge in [-0.2, -0.15) is 0 Å². The third-order valence-corrected chi connectivity index (χ3v) is 15.9. The van der Waals surface area contributed by atoms with Crippen molar-refractivity contribution in [3.05, 3.63) is 106 Å². The monoisotopic (exact) mass is 979 g/mol. The number of alkyl halides is 1. The highest BCUT2D eigenvalue weighted by molar-refractivity contribution is 7.90. The molecule has 5 aromatic rings. The number of amides is 2. The Bertz CT molecular complexity index is 2880. The van der Waals surface area contributed by atoms with Gasteiger partial charge < -0.3 is 29.6 Å². The van der Waals surface area contributed by atoms with Crippen molar-refractivity contribution in [3.63, 3.8) is 0 Å². The van der Waals surface area contributed by atoms with Crippen LogP contribution in [0.4, 0.5) is 26.2 Å². The zero-order valence-electron chi connectivity index (χ0n) is 40.4. The van der Waals surface area contributed by atoms with Crippen molar-refractivity contribution in [2.24, 2.45) is 5.41 Å². The number of sulfonamides is 1. The van der Waals surface area contributed by atoms with Crippen molar-refractivity contribution >= 4 is 50.1 Å². The van der Waals surface area contributed by atoms with E-state index < -0.39 is 48.8 Å². The highest BCUT2D eigenvalue weighted by Crippen LogP contribution is 2.54. The van der Waals surface area contributed by atoms with Crippen molar-refractivity contribution in [3.8, 4) is 11.5 Å². The van der Waals surface area contributed by atoms with Crippen LogP contribution in [0.25, 0.3) is 11.0 Å². The lowest BCUT2D eigenvalue weighted by Gasteiger charge is -2.56. The average molecular weight is 980 g/mol. The van der Waals surface area contributed by atoms with Gasteiger partial charge in [0.05, 0.1) is 27.9 Å². The Kier molecular flexibility index (Phi) is 13.3. The minimum absolute atomic E-state index is 0.00440. The molecule has 1 unspecified atom stereocenters. The van der Waals surface area contributed by atoms with E-state index >= 15 is 4.39 Å². The third kappa shape index (κ3) is 10.4. The van der Waals surface area contributed by atoms with Crippen LogP contribution in [0.2, 0.25) is 0 Å². The molecule has 4 fully saturated rings. The number of nitrogens with zero attached hydrogens (tertiary/aromatic N) is 6. The molecule has 6 heterocycles. The fourth-order valence-electron chi connectivity index (χ4n) is 10.7. The molecule has 1 spiro atoms. The summed E-state index contributed by atoms with van der Waals surface area (Å²) in [5.74, 6) is -0.357. The molecule has 2 amide bonds. The van der Waals surface area contributed by atoms with Gasteiger partial charge in [-0.15, -0.1) is 0 Å². The van der Waals surface area contributed by atoms with Gasteiger partial charge in [0.1, 0.15) is 28.4 Å². The molecule has 3 aliphatic heterocycles. The minimum atomic E-state index is -4.72. The lowest BCUT2D eigenvalue weighted by Crippen LogP contribution is -2.55. The molecular formula is C51H62FN9O8S. The highest BCUT2D eigenvalue weighted by atomic mass is 32.2. The molecule has 372 valence electrons. The van der Waals surface area contributed by atoms with Crippen molar-refractivity contribution in [1.82, 2.24) is 29.5 Å². The lowest BCUT2D eigenvalue weighted by atomic mass is 9.59. The van der Waals surface area contributed by atoms with Crippen molar-refractivity contribution in [2.45, 2.75) is 120 Å². The molecule has 0 bridgehead atoms. The molecule has 2 aromatic carbocycles. The van der Waals surface area contributed by atoms with Crippen molar-refractivity contribution in [1.29, 1.82) is 0 Å². The summed E-state index contributed by atoms with van der Waals surface area (Å²) in [7, 11) is -4.72. The smallest absolute Gasteiger partial charge is 0.410 e. The summed E-state index contributed by atoms with van der Waals surface area (Å²) < 4.78 is 57.2. The van der Waals surface area contributed by atoms with E-state index in [1.54, 1.807) is 39.1 Å². The van der Waals surface area contributed by atoms with Crippen LogP contribution in [-0.4, -0.2) is 107 Å². The first-order valence-electron chi connectivity index (χ1n) is 24.2. The number of piperidine rings is 2. The van der Waals surface area contributed by atoms with Crippen LogP contribution in [0.15, 0.2) is 84.1 Å². The summed E-state index contributed by atoms with van der Waals surface area (Å²) >= 11 is 0. The zero-order valence-corrected chi connectivity index (χ0v) is 41.2. The van der Waals surface area contributed by atoms with Gasteiger partial charge in [-0.05, 0) is 113 Å². The number of nitro groups is 1. The molecule has 1 atom stereocenters. The number of likely N-dealkylation sites (tertiary alicyclic amines) is 2. The normalized spacial score (nSPS) is 19.6. The number of halogens is 1. The molecule has 4 aliphatic rings. The number of nitrogens with one attached hydrogen (secondary N) is 3. The Morgan fingerprint density at radius 2 is 1.71 bits per heavy atom. The van der Waals surface area contributed by atoms with Gasteiger partial charge in [-0.1, -0.05) is 38.1 Å². The van der Waals surface area contributed by atoms with Crippen LogP contribution >= 0.6 is 0 Å². The topological polar surface area (TPSA) is 205 Å². The Morgan fingerprint density at radius 1 is 0.971 bits per heavy atom. The molecule has 1 aliphatic carbocycles. The Hall–Kier alpha value is -6.34. The number of carbonyl (C=O) groups excluding carboxylic acids is 2. The number of pyridine rings is 2. The van der Waals surface area contributed by atoms with Gasteiger partial charge in [-0.3, -0.25) is 19.8 Å². The van der Waals surface area contributed by atoms with Gasteiger partial charge in [0.2, 0.25) is 0 Å². The number of H-pyrrole nitrogens is 1. The predicted octanol–water partition coefficient (Wildman–Crippen LogP) is 9.64. The van der Waals surface area contributed by atoms with E-state index in [1.165, 1.54) is 41.3 Å². The van der Waals surface area contributed by atoms with Gasteiger partial charge in [0.15, 0.2) is 11.4 Å². The zero-order chi connectivity index (χ0) is 49.6. The molecule has 70 heavy (non-hydrogen) atoms. The van der Waals surface area contributed by atoms with Crippen molar-refractivity contribution in [2.75, 3.05) is 49.5 Å². The lowest BCUT2D eigenvalue weighted by molar-refractivity contribution is -0.384. The first kappa shape index (κ1) is 48.7. The van der Waals surface area contributed by atoms with Crippen LogP contribution in [0.3, 0.4) is 0 Å². The van der Waals surface area contributed by atoms with Gasteiger partial charge >= 0.3 is 6.09 Å². The average Bonchev–Trinajstić information content (AvgIpc) is 4.00. The minimum Gasteiger partial charge on any atom is -0.453 e. The van der Waals surface area contributed by atoms with E-state index in [2.05, 4.69) is 68.2 Å². The number of nitro benzene ring substituents is 1. The summed E-state index contributed by atoms with van der Waals surface area (Å²) in [4.78, 5) is 55.7. The number of anilines is 2. The number of fused-ring (bicyclic) bond motifs is 1. The largest absolute Gasteiger partial charge is 0.453 e. The Labute approximate surface area is 407 Å². The first-order valence-corrected chi connectivity index (χ1v) is 25.7. The first-order chi connectivity index (χ1) is 33.3. The van der Waals surface area contributed by atoms with Gasteiger partial charge in [0.25, 0.3) is 21.6 Å². The Morgan fingerprint density at radius 3 is 2.43 bits per heavy atom. The van der Waals surface area contributed by atoms with E-state index in [-0.39, 0.29) is 55.0 Å². The maximum atomic E-state index is 15.9. The van der Waals surface area contributed by atoms with Crippen LogP contribution in [0.5, 0.6) is 11.5 Å². The van der Waals surface area contributed by atoms with E-state index in [0.29, 0.717) is 35.1 Å². The molecule has 9 rings (SSSR count).